The molecule has 0 radical (unpaired) electrons. The summed E-state index contributed by atoms with van der Waals surface area (Å²) in [6.07, 6.45) is 1.76. The van der Waals surface area contributed by atoms with Gasteiger partial charge in [0.05, 0.1) is 12.6 Å². The van der Waals surface area contributed by atoms with E-state index in [-0.39, 0.29) is 12.1 Å². The summed E-state index contributed by atoms with van der Waals surface area (Å²) >= 11 is 0. The number of hydrogen-bond acceptors (Lipinski definition) is 3. The van der Waals surface area contributed by atoms with Gasteiger partial charge in [0.15, 0.2) is 0 Å². The molecule has 0 heterocycles. The van der Waals surface area contributed by atoms with Crippen LogP contribution < -0.4 is 5.32 Å². The molecule has 5 heteroatoms. The van der Waals surface area contributed by atoms with Gasteiger partial charge in [-0.15, -0.1) is 0 Å². The average Bonchev–Trinajstić information content (AvgIpc) is 2.02. The van der Waals surface area contributed by atoms with Crippen LogP contribution in [0.3, 0.4) is 0 Å². The highest BCUT2D eigenvalue weighted by molar-refractivity contribution is 4.87. The molecule has 1 saturated carbocycles. The van der Waals surface area contributed by atoms with Crippen molar-refractivity contribution in [3.8, 4) is 0 Å². The molecule has 2 N–H and O–H groups in total. The Morgan fingerprint density at radius 3 is 2.62 bits per heavy atom. The Balaban J connectivity index is 2.08. The largest absolute Gasteiger partial charge is 0.390 e. The van der Waals surface area contributed by atoms with Crippen LogP contribution in [-0.4, -0.2) is 43.4 Å². The lowest BCUT2D eigenvalue weighted by atomic mass is 9.89. The van der Waals surface area contributed by atoms with Gasteiger partial charge in [-0.2, -0.15) is 0 Å². The number of methoxy groups -OCH3 is 1. The van der Waals surface area contributed by atoms with Gasteiger partial charge in [0.1, 0.15) is 6.61 Å². The van der Waals surface area contributed by atoms with Gasteiger partial charge in [0.25, 0.3) is 5.92 Å². The van der Waals surface area contributed by atoms with Crippen LogP contribution in [0.15, 0.2) is 0 Å². The van der Waals surface area contributed by atoms with Crippen LogP contribution in [0.25, 0.3) is 0 Å². The van der Waals surface area contributed by atoms with Crippen molar-refractivity contribution >= 4 is 0 Å². The normalized spacial score (nSPS) is 28.6. The fourth-order valence-electron chi connectivity index (χ4n) is 1.27. The Morgan fingerprint density at radius 2 is 2.15 bits per heavy atom. The Bertz CT molecular complexity index is 160. The van der Waals surface area contributed by atoms with Crippen LogP contribution in [0.1, 0.15) is 12.8 Å². The third-order valence-corrected chi connectivity index (χ3v) is 2.31. The topological polar surface area (TPSA) is 41.5 Å². The monoisotopic (exact) mass is 195 g/mol. The van der Waals surface area contributed by atoms with E-state index in [4.69, 9.17) is 9.84 Å². The molecular formula is C8H15F2NO2. The smallest absolute Gasteiger partial charge is 0.282 e. The van der Waals surface area contributed by atoms with Crippen molar-refractivity contribution in [3.63, 3.8) is 0 Å². The van der Waals surface area contributed by atoms with Crippen LogP contribution >= 0.6 is 0 Å². The highest BCUT2D eigenvalue weighted by Gasteiger charge is 2.33. The summed E-state index contributed by atoms with van der Waals surface area (Å²) in [4.78, 5) is 0. The second kappa shape index (κ2) is 4.30. The van der Waals surface area contributed by atoms with E-state index >= 15 is 0 Å². The molecule has 0 spiro atoms. The molecule has 1 aliphatic carbocycles. The zero-order valence-electron chi connectivity index (χ0n) is 7.59. The summed E-state index contributed by atoms with van der Waals surface area (Å²) < 4.78 is 30.0. The molecule has 78 valence electrons. The number of halogens is 2. The second-order valence-electron chi connectivity index (χ2n) is 3.42. The van der Waals surface area contributed by atoms with E-state index in [9.17, 15) is 8.78 Å². The molecule has 0 aliphatic heterocycles. The van der Waals surface area contributed by atoms with E-state index in [1.165, 1.54) is 0 Å². The molecule has 1 fully saturated rings. The van der Waals surface area contributed by atoms with Crippen LogP contribution in [0.4, 0.5) is 8.78 Å². The van der Waals surface area contributed by atoms with Gasteiger partial charge in [-0.25, -0.2) is 8.78 Å². The third-order valence-electron chi connectivity index (χ3n) is 2.31. The number of nitrogens with one attached hydrogen (secondary N) is 1. The number of hydrogen-bond donors (Lipinski definition) is 2. The molecule has 3 nitrogen and oxygen atoms in total. The molecule has 13 heavy (non-hydrogen) atoms. The van der Waals surface area contributed by atoms with E-state index in [0.717, 1.165) is 12.8 Å². The summed E-state index contributed by atoms with van der Waals surface area (Å²) in [5.41, 5.74) is 0. The number of ether oxygens (including phenoxy) is 1. The van der Waals surface area contributed by atoms with E-state index < -0.39 is 19.1 Å². The molecule has 0 atom stereocenters. The zero-order valence-corrected chi connectivity index (χ0v) is 7.59. The number of aliphatic hydroxyl groups excluding tert-OH is 1. The van der Waals surface area contributed by atoms with Crippen LogP contribution in [0, 0.1) is 0 Å². The van der Waals surface area contributed by atoms with Crippen molar-refractivity contribution < 1.29 is 18.6 Å². The van der Waals surface area contributed by atoms with Crippen molar-refractivity contribution in [1.82, 2.24) is 5.32 Å². The van der Waals surface area contributed by atoms with Gasteiger partial charge >= 0.3 is 0 Å². The summed E-state index contributed by atoms with van der Waals surface area (Å²) in [5, 5.41) is 11.0. The van der Waals surface area contributed by atoms with Crippen LogP contribution in [0.2, 0.25) is 0 Å². The van der Waals surface area contributed by atoms with Crippen molar-refractivity contribution in [3.05, 3.63) is 0 Å². The molecule has 0 saturated heterocycles. The lowest BCUT2D eigenvalue weighted by molar-refractivity contribution is -0.0573. The van der Waals surface area contributed by atoms with Crippen molar-refractivity contribution in [2.24, 2.45) is 0 Å². The highest BCUT2D eigenvalue weighted by atomic mass is 19.3. The van der Waals surface area contributed by atoms with Crippen molar-refractivity contribution in [2.75, 3.05) is 20.3 Å². The van der Waals surface area contributed by atoms with Crippen molar-refractivity contribution in [2.45, 2.75) is 30.9 Å². The van der Waals surface area contributed by atoms with Gasteiger partial charge in [0.2, 0.25) is 0 Å². The molecule has 0 unspecified atom stereocenters. The Hall–Kier alpha value is -0.260. The van der Waals surface area contributed by atoms with E-state index in [0.29, 0.717) is 0 Å². The van der Waals surface area contributed by atoms with Crippen molar-refractivity contribution in [1.29, 1.82) is 0 Å². The van der Waals surface area contributed by atoms with Gasteiger partial charge < -0.3 is 15.2 Å². The maximum absolute atomic E-state index is 12.5. The quantitative estimate of drug-likeness (QED) is 0.666. The zero-order chi connectivity index (χ0) is 9.90. The maximum atomic E-state index is 12.5. The number of rotatable bonds is 5. The minimum atomic E-state index is -3.00. The minimum absolute atomic E-state index is 0.113. The molecule has 0 aromatic carbocycles. The Kier molecular flexibility index (Phi) is 3.58. The summed E-state index contributed by atoms with van der Waals surface area (Å²) in [7, 11) is 1.61. The molecular weight excluding hydrogens is 180 g/mol. The standard InChI is InChI=1S/C8H15F2NO2/c1-13-7-2-6(3-7)11-4-8(9,10)5-12/h6-7,11-12H,2-5H2,1H3. The lowest BCUT2D eigenvalue weighted by Gasteiger charge is -2.35. The lowest BCUT2D eigenvalue weighted by Crippen LogP contribution is -2.49. The Morgan fingerprint density at radius 1 is 1.54 bits per heavy atom. The number of alkyl halides is 2. The molecule has 0 amide bonds. The molecule has 1 rings (SSSR count). The fourth-order valence-corrected chi connectivity index (χ4v) is 1.27. The second-order valence-corrected chi connectivity index (χ2v) is 3.42. The van der Waals surface area contributed by atoms with E-state index in [2.05, 4.69) is 5.32 Å². The average molecular weight is 195 g/mol. The summed E-state index contributed by atoms with van der Waals surface area (Å²) in [6, 6.07) is 0.113. The predicted molar refractivity (Wildman–Crippen MR) is 43.9 cm³/mol. The molecule has 0 bridgehead atoms. The van der Waals surface area contributed by atoms with E-state index in [1.54, 1.807) is 7.11 Å². The van der Waals surface area contributed by atoms with Crippen LogP contribution in [0.5, 0.6) is 0 Å². The molecule has 0 aromatic heterocycles. The van der Waals surface area contributed by atoms with E-state index in [1.807, 2.05) is 0 Å². The first kappa shape index (κ1) is 10.8. The molecule has 1 aliphatic rings. The van der Waals surface area contributed by atoms with Crippen LogP contribution in [-0.2, 0) is 4.74 Å². The fraction of sp³-hybridized carbons (Fsp3) is 1.00. The predicted octanol–water partition coefficient (Wildman–Crippen LogP) is 0.381. The molecule has 0 aromatic rings. The first-order valence-electron chi connectivity index (χ1n) is 4.32. The third kappa shape index (κ3) is 3.17. The maximum Gasteiger partial charge on any atom is 0.282 e. The first-order chi connectivity index (χ1) is 6.07. The highest BCUT2D eigenvalue weighted by Crippen LogP contribution is 2.23. The number of aliphatic hydroxyl groups is 1. The van der Waals surface area contributed by atoms with Gasteiger partial charge in [-0.3, -0.25) is 0 Å². The summed E-state index contributed by atoms with van der Waals surface area (Å²) in [6.45, 7) is -1.55. The SMILES string of the molecule is COC1CC(NCC(F)(F)CO)C1. The van der Waals surface area contributed by atoms with Gasteiger partial charge in [-0.1, -0.05) is 0 Å². The Labute approximate surface area is 76.1 Å². The van der Waals surface area contributed by atoms with Gasteiger partial charge in [0, 0.05) is 13.2 Å². The minimum Gasteiger partial charge on any atom is -0.390 e. The summed E-state index contributed by atoms with van der Waals surface area (Å²) in [5.74, 6) is -3.00. The first-order valence-corrected chi connectivity index (χ1v) is 4.32. The van der Waals surface area contributed by atoms with Gasteiger partial charge in [-0.05, 0) is 12.8 Å².